The van der Waals surface area contributed by atoms with Crippen LogP contribution in [-0.4, -0.2) is 63.2 Å². The highest BCUT2D eigenvalue weighted by Crippen LogP contribution is 2.15. The molecule has 0 radical (unpaired) electrons. The molecule has 1 aliphatic rings. The number of aliphatic imine (C=N–C) groups is 1. The lowest BCUT2D eigenvalue weighted by molar-refractivity contribution is -0.140. The summed E-state index contributed by atoms with van der Waals surface area (Å²) in [7, 11) is 3.26. The van der Waals surface area contributed by atoms with E-state index in [1.54, 1.807) is 0 Å². The van der Waals surface area contributed by atoms with Crippen molar-refractivity contribution in [1.82, 2.24) is 15.5 Å². The van der Waals surface area contributed by atoms with Gasteiger partial charge in [0.15, 0.2) is 5.96 Å². The van der Waals surface area contributed by atoms with Crippen molar-refractivity contribution in [3.8, 4) is 0 Å². The first-order chi connectivity index (χ1) is 12.2. The summed E-state index contributed by atoms with van der Waals surface area (Å²) in [6.07, 6.45) is 9.94. The number of rotatable bonds is 11. The van der Waals surface area contributed by atoms with Crippen LogP contribution in [0.3, 0.4) is 0 Å². The molecule has 1 heterocycles. The number of ether oxygens (including phenoxy) is 1. The first-order valence-electron chi connectivity index (χ1n) is 9.92. The summed E-state index contributed by atoms with van der Waals surface area (Å²) in [6.45, 7) is 6.65. The molecule has 146 valence electrons. The maximum Gasteiger partial charge on any atom is 0.305 e. The third-order valence-electron chi connectivity index (χ3n) is 4.91. The van der Waals surface area contributed by atoms with Crippen LogP contribution in [0.15, 0.2) is 4.99 Å². The third-order valence-corrected chi connectivity index (χ3v) is 4.91. The third kappa shape index (κ3) is 10.3. The molecule has 0 aromatic heterocycles. The Hall–Kier alpha value is -1.30. The van der Waals surface area contributed by atoms with Crippen molar-refractivity contribution in [3.63, 3.8) is 0 Å². The second-order valence-corrected chi connectivity index (χ2v) is 6.90. The molecule has 0 bridgehead atoms. The van der Waals surface area contributed by atoms with Gasteiger partial charge in [-0.1, -0.05) is 19.3 Å². The predicted octanol–water partition coefficient (Wildman–Crippen LogP) is 2.54. The van der Waals surface area contributed by atoms with Crippen molar-refractivity contribution >= 4 is 11.9 Å². The number of hydrogen-bond donors (Lipinski definition) is 2. The van der Waals surface area contributed by atoms with Gasteiger partial charge in [-0.15, -0.1) is 0 Å². The Balaban J connectivity index is 1.98. The number of carbonyl (C=O) groups excluding carboxylic acids is 1. The topological polar surface area (TPSA) is 66.0 Å². The van der Waals surface area contributed by atoms with Gasteiger partial charge in [-0.25, -0.2) is 0 Å². The second kappa shape index (κ2) is 13.9. The van der Waals surface area contributed by atoms with E-state index < -0.39 is 0 Å². The standard InChI is InChI=1S/C19H38N4O2/c1-17-11-7-9-15-23(17)16-10-14-22-19(20-2)21-13-8-5-4-6-12-18(24)25-3/h17H,4-16H2,1-3H3,(H2,20,21,22). The maximum atomic E-state index is 11.0. The summed E-state index contributed by atoms with van der Waals surface area (Å²) in [5, 5.41) is 6.76. The zero-order chi connectivity index (χ0) is 18.3. The number of guanidine groups is 1. The molecule has 0 aromatic rings. The number of nitrogens with zero attached hydrogens (tertiary/aromatic N) is 2. The molecular weight excluding hydrogens is 316 g/mol. The lowest BCUT2D eigenvalue weighted by Gasteiger charge is -2.33. The maximum absolute atomic E-state index is 11.0. The van der Waals surface area contributed by atoms with E-state index in [2.05, 4.69) is 32.2 Å². The molecule has 0 aliphatic carbocycles. The summed E-state index contributed by atoms with van der Waals surface area (Å²) in [5.74, 6) is 0.780. The minimum atomic E-state index is -0.110. The van der Waals surface area contributed by atoms with Crippen LogP contribution in [0.2, 0.25) is 0 Å². The molecule has 1 rings (SSSR count). The Morgan fingerprint density at radius 1 is 1.12 bits per heavy atom. The lowest BCUT2D eigenvalue weighted by atomic mass is 10.0. The fourth-order valence-corrected chi connectivity index (χ4v) is 3.26. The zero-order valence-electron chi connectivity index (χ0n) is 16.5. The van der Waals surface area contributed by atoms with Gasteiger partial charge in [0, 0.05) is 39.1 Å². The molecule has 1 saturated heterocycles. The number of likely N-dealkylation sites (tertiary alicyclic amines) is 1. The number of piperidine rings is 1. The monoisotopic (exact) mass is 354 g/mol. The Labute approximate surface area is 153 Å². The molecular formula is C19H38N4O2. The second-order valence-electron chi connectivity index (χ2n) is 6.90. The molecule has 0 amide bonds. The van der Waals surface area contributed by atoms with Gasteiger partial charge in [0.2, 0.25) is 0 Å². The summed E-state index contributed by atoms with van der Waals surface area (Å²) < 4.78 is 4.64. The average molecular weight is 355 g/mol. The molecule has 1 atom stereocenters. The van der Waals surface area contributed by atoms with Crippen LogP contribution >= 0.6 is 0 Å². The van der Waals surface area contributed by atoms with Crippen LogP contribution in [0.5, 0.6) is 0 Å². The molecule has 0 spiro atoms. The Morgan fingerprint density at radius 3 is 2.52 bits per heavy atom. The molecule has 1 aliphatic heterocycles. The van der Waals surface area contributed by atoms with Crippen LogP contribution in [0.25, 0.3) is 0 Å². The molecule has 25 heavy (non-hydrogen) atoms. The van der Waals surface area contributed by atoms with E-state index in [0.717, 1.165) is 57.2 Å². The van der Waals surface area contributed by atoms with Crippen LogP contribution < -0.4 is 10.6 Å². The van der Waals surface area contributed by atoms with Gasteiger partial charge in [0.25, 0.3) is 0 Å². The van der Waals surface area contributed by atoms with Gasteiger partial charge in [-0.3, -0.25) is 9.79 Å². The largest absolute Gasteiger partial charge is 0.469 e. The summed E-state index contributed by atoms with van der Waals surface area (Å²) in [5.41, 5.74) is 0. The highest BCUT2D eigenvalue weighted by atomic mass is 16.5. The first-order valence-corrected chi connectivity index (χ1v) is 9.92. The highest BCUT2D eigenvalue weighted by molar-refractivity contribution is 5.79. The zero-order valence-corrected chi connectivity index (χ0v) is 16.5. The molecule has 0 aromatic carbocycles. The molecule has 1 unspecified atom stereocenters. The number of methoxy groups -OCH3 is 1. The van der Waals surface area contributed by atoms with Crippen molar-refractivity contribution in [2.45, 2.75) is 70.8 Å². The van der Waals surface area contributed by atoms with Gasteiger partial charge < -0.3 is 20.3 Å². The van der Waals surface area contributed by atoms with Crippen LogP contribution in [0, 0.1) is 0 Å². The van der Waals surface area contributed by atoms with E-state index in [1.807, 2.05) is 7.05 Å². The van der Waals surface area contributed by atoms with E-state index >= 15 is 0 Å². The number of unbranched alkanes of at least 4 members (excludes halogenated alkanes) is 3. The SMILES string of the molecule is CN=C(NCCCCCCC(=O)OC)NCCCN1CCCCC1C. The van der Waals surface area contributed by atoms with Crippen LogP contribution in [0.1, 0.15) is 64.7 Å². The quantitative estimate of drug-likeness (QED) is 0.258. The van der Waals surface area contributed by atoms with E-state index in [9.17, 15) is 4.79 Å². The van der Waals surface area contributed by atoms with Gasteiger partial charge in [-0.05, 0) is 45.6 Å². The van der Waals surface area contributed by atoms with Gasteiger partial charge in [-0.2, -0.15) is 0 Å². The van der Waals surface area contributed by atoms with Crippen LogP contribution in [0.4, 0.5) is 0 Å². The molecule has 6 heteroatoms. The summed E-state index contributed by atoms with van der Waals surface area (Å²) in [6, 6.07) is 0.741. The van der Waals surface area contributed by atoms with Gasteiger partial charge >= 0.3 is 5.97 Å². The van der Waals surface area contributed by atoms with Crippen molar-refractivity contribution in [2.24, 2.45) is 4.99 Å². The first kappa shape index (κ1) is 21.7. The normalized spacial score (nSPS) is 18.8. The number of esters is 1. The highest BCUT2D eigenvalue weighted by Gasteiger charge is 2.17. The van der Waals surface area contributed by atoms with E-state index in [4.69, 9.17) is 0 Å². The lowest BCUT2D eigenvalue weighted by Crippen LogP contribution is -2.41. The fourth-order valence-electron chi connectivity index (χ4n) is 3.26. The van der Waals surface area contributed by atoms with Crippen molar-refractivity contribution in [3.05, 3.63) is 0 Å². The van der Waals surface area contributed by atoms with E-state index in [1.165, 1.54) is 39.5 Å². The predicted molar refractivity (Wildman–Crippen MR) is 104 cm³/mol. The molecule has 1 fully saturated rings. The fraction of sp³-hybridized carbons (Fsp3) is 0.895. The molecule has 0 saturated carbocycles. The summed E-state index contributed by atoms with van der Waals surface area (Å²) >= 11 is 0. The van der Waals surface area contributed by atoms with Crippen molar-refractivity contribution in [2.75, 3.05) is 40.3 Å². The van der Waals surface area contributed by atoms with Gasteiger partial charge in [0.1, 0.15) is 0 Å². The number of nitrogens with one attached hydrogen (secondary N) is 2. The summed E-state index contributed by atoms with van der Waals surface area (Å²) in [4.78, 5) is 17.9. The number of carbonyl (C=O) groups is 1. The minimum Gasteiger partial charge on any atom is -0.469 e. The Bertz CT molecular complexity index is 388. The Kier molecular flexibility index (Phi) is 12.1. The Morgan fingerprint density at radius 2 is 1.84 bits per heavy atom. The minimum absolute atomic E-state index is 0.110. The van der Waals surface area contributed by atoms with Gasteiger partial charge in [0.05, 0.1) is 7.11 Å². The van der Waals surface area contributed by atoms with Crippen molar-refractivity contribution < 1.29 is 9.53 Å². The van der Waals surface area contributed by atoms with E-state index in [-0.39, 0.29) is 5.97 Å². The average Bonchev–Trinajstić information content (AvgIpc) is 2.63. The van der Waals surface area contributed by atoms with Crippen molar-refractivity contribution in [1.29, 1.82) is 0 Å². The smallest absolute Gasteiger partial charge is 0.305 e. The van der Waals surface area contributed by atoms with Crippen LogP contribution in [-0.2, 0) is 9.53 Å². The molecule has 6 nitrogen and oxygen atoms in total. The molecule has 2 N–H and O–H groups in total. The number of hydrogen-bond acceptors (Lipinski definition) is 4. The van der Waals surface area contributed by atoms with E-state index in [0.29, 0.717) is 6.42 Å².